The van der Waals surface area contributed by atoms with E-state index in [1.54, 1.807) is 0 Å². The number of hydrogen-bond acceptors (Lipinski definition) is 3. The van der Waals surface area contributed by atoms with Crippen molar-refractivity contribution in [3.63, 3.8) is 0 Å². The Balaban J connectivity index is 2.09. The van der Waals surface area contributed by atoms with E-state index in [2.05, 4.69) is 31.1 Å². The summed E-state index contributed by atoms with van der Waals surface area (Å²) in [5, 5.41) is 4.18. The minimum atomic E-state index is 0.688. The Hall–Kier alpha value is 0.270. The molecule has 0 aromatic heterocycles. The van der Waals surface area contributed by atoms with Gasteiger partial charge in [0.25, 0.3) is 0 Å². The van der Waals surface area contributed by atoms with E-state index in [9.17, 15) is 0 Å². The Labute approximate surface area is 85.8 Å². The summed E-state index contributed by atoms with van der Waals surface area (Å²) in [6.45, 7) is 4.17. The Kier molecular flexibility index (Phi) is 5.83. The van der Waals surface area contributed by atoms with Gasteiger partial charge in [-0.15, -0.1) is 0 Å². The van der Waals surface area contributed by atoms with Crippen molar-refractivity contribution < 1.29 is 4.74 Å². The molecule has 1 aliphatic heterocycles. The van der Waals surface area contributed by atoms with Crippen LogP contribution in [-0.4, -0.2) is 37.3 Å². The summed E-state index contributed by atoms with van der Waals surface area (Å²) in [6, 6.07) is 0.688. The highest BCUT2D eigenvalue weighted by atomic mass is 32.2. The Morgan fingerprint density at radius 1 is 1.46 bits per heavy atom. The molecule has 0 bridgehead atoms. The first-order chi connectivity index (χ1) is 6.36. The van der Waals surface area contributed by atoms with Crippen LogP contribution < -0.4 is 5.32 Å². The van der Waals surface area contributed by atoms with Gasteiger partial charge >= 0.3 is 0 Å². The summed E-state index contributed by atoms with van der Waals surface area (Å²) in [5.41, 5.74) is 0. The molecule has 1 atom stereocenters. The fourth-order valence-electron chi connectivity index (χ4n) is 1.50. The molecular weight excluding hydrogens is 182 g/mol. The van der Waals surface area contributed by atoms with Crippen molar-refractivity contribution in [3.05, 3.63) is 0 Å². The molecule has 0 aromatic rings. The van der Waals surface area contributed by atoms with Crippen LogP contribution in [0, 0.1) is 0 Å². The van der Waals surface area contributed by atoms with Gasteiger partial charge in [-0.2, -0.15) is 11.8 Å². The van der Waals surface area contributed by atoms with Gasteiger partial charge in [0.2, 0.25) is 0 Å². The van der Waals surface area contributed by atoms with E-state index in [0.717, 1.165) is 18.5 Å². The van der Waals surface area contributed by atoms with Crippen LogP contribution >= 0.6 is 11.8 Å². The molecule has 1 unspecified atom stereocenters. The lowest BCUT2D eigenvalue weighted by Crippen LogP contribution is -2.28. The number of thioether (sulfide) groups is 1. The zero-order valence-electron chi connectivity index (χ0n) is 8.71. The van der Waals surface area contributed by atoms with Crippen molar-refractivity contribution in [2.45, 2.75) is 37.5 Å². The minimum Gasteiger partial charge on any atom is -0.381 e. The maximum Gasteiger partial charge on any atom is 0.0476 e. The number of hydrogen-bond donors (Lipinski definition) is 1. The molecule has 0 amide bonds. The van der Waals surface area contributed by atoms with Crippen molar-refractivity contribution in [1.82, 2.24) is 5.32 Å². The first-order valence-electron chi connectivity index (χ1n) is 5.23. The molecule has 1 heterocycles. The van der Waals surface area contributed by atoms with E-state index in [0.29, 0.717) is 6.04 Å². The predicted octanol–water partition coefficient (Wildman–Crippen LogP) is 1.90. The van der Waals surface area contributed by atoms with E-state index >= 15 is 0 Å². The highest BCUT2D eigenvalue weighted by molar-refractivity contribution is 7.99. The molecule has 1 fully saturated rings. The van der Waals surface area contributed by atoms with E-state index < -0.39 is 0 Å². The molecule has 1 saturated heterocycles. The normalized spacial score (nSPS) is 21.7. The standard InChI is InChI=1S/C10H21NOS/c1-3-9(11-2)8-13-10-4-6-12-7-5-10/h9-11H,3-8H2,1-2H3. The van der Waals surface area contributed by atoms with Gasteiger partial charge in [0.05, 0.1) is 0 Å². The molecule has 1 rings (SSSR count). The predicted molar refractivity (Wildman–Crippen MR) is 59.4 cm³/mol. The topological polar surface area (TPSA) is 21.3 Å². The number of rotatable bonds is 5. The van der Waals surface area contributed by atoms with Gasteiger partial charge in [-0.25, -0.2) is 0 Å². The first-order valence-corrected chi connectivity index (χ1v) is 6.28. The van der Waals surface area contributed by atoms with Crippen molar-refractivity contribution in [1.29, 1.82) is 0 Å². The molecule has 0 aliphatic carbocycles. The fraction of sp³-hybridized carbons (Fsp3) is 1.00. The third kappa shape index (κ3) is 4.34. The van der Waals surface area contributed by atoms with Crippen molar-refractivity contribution in [3.8, 4) is 0 Å². The zero-order chi connectivity index (χ0) is 9.52. The van der Waals surface area contributed by atoms with Crippen molar-refractivity contribution in [2.24, 2.45) is 0 Å². The molecule has 0 aromatic carbocycles. The molecule has 1 N–H and O–H groups in total. The fourth-order valence-corrected chi connectivity index (χ4v) is 2.93. The minimum absolute atomic E-state index is 0.688. The molecule has 13 heavy (non-hydrogen) atoms. The molecule has 0 radical (unpaired) electrons. The molecule has 2 nitrogen and oxygen atoms in total. The van der Waals surface area contributed by atoms with Crippen molar-refractivity contribution >= 4 is 11.8 Å². The largest absolute Gasteiger partial charge is 0.381 e. The van der Waals surface area contributed by atoms with Crippen LogP contribution in [0.2, 0.25) is 0 Å². The van der Waals surface area contributed by atoms with Gasteiger partial charge in [0, 0.05) is 30.3 Å². The van der Waals surface area contributed by atoms with Crippen LogP contribution in [0.1, 0.15) is 26.2 Å². The van der Waals surface area contributed by atoms with Gasteiger partial charge in [-0.3, -0.25) is 0 Å². The van der Waals surface area contributed by atoms with E-state index in [4.69, 9.17) is 4.74 Å². The molecule has 78 valence electrons. The van der Waals surface area contributed by atoms with Crippen LogP contribution in [0.5, 0.6) is 0 Å². The summed E-state index contributed by atoms with van der Waals surface area (Å²) in [4.78, 5) is 0. The number of nitrogens with one attached hydrogen (secondary N) is 1. The SMILES string of the molecule is CCC(CSC1CCOCC1)NC. The maximum absolute atomic E-state index is 5.33. The molecular formula is C10H21NOS. The van der Waals surface area contributed by atoms with Crippen LogP contribution in [0.4, 0.5) is 0 Å². The third-order valence-electron chi connectivity index (χ3n) is 2.60. The smallest absolute Gasteiger partial charge is 0.0476 e. The lowest BCUT2D eigenvalue weighted by molar-refractivity contribution is 0.1000. The van der Waals surface area contributed by atoms with Crippen LogP contribution in [0.15, 0.2) is 0 Å². The summed E-state index contributed by atoms with van der Waals surface area (Å²) in [5.74, 6) is 1.25. The Morgan fingerprint density at radius 3 is 2.69 bits per heavy atom. The Morgan fingerprint density at radius 2 is 2.15 bits per heavy atom. The second kappa shape index (κ2) is 6.68. The maximum atomic E-state index is 5.33. The second-order valence-electron chi connectivity index (χ2n) is 3.54. The van der Waals surface area contributed by atoms with Crippen LogP contribution in [0.3, 0.4) is 0 Å². The van der Waals surface area contributed by atoms with Gasteiger partial charge < -0.3 is 10.1 Å². The average molecular weight is 203 g/mol. The summed E-state index contributed by atoms with van der Waals surface area (Å²) in [7, 11) is 2.05. The van der Waals surface area contributed by atoms with E-state index in [1.165, 1.54) is 25.0 Å². The van der Waals surface area contributed by atoms with Crippen LogP contribution in [-0.2, 0) is 4.74 Å². The van der Waals surface area contributed by atoms with Gasteiger partial charge in [0.15, 0.2) is 0 Å². The molecule has 0 saturated carbocycles. The van der Waals surface area contributed by atoms with Crippen molar-refractivity contribution in [2.75, 3.05) is 26.0 Å². The van der Waals surface area contributed by atoms with Gasteiger partial charge in [0.1, 0.15) is 0 Å². The zero-order valence-corrected chi connectivity index (χ0v) is 9.53. The highest BCUT2D eigenvalue weighted by Crippen LogP contribution is 2.22. The van der Waals surface area contributed by atoms with Gasteiger partial charge in [-0.05, 0) is 26.3 Å². The highest BCUT2D eigenvalue weighted by Gasteiger charge is 2.15. The summed E-state index contributed by atoms with van der Waals surface area (Å²) >= 11 is 2.11. The molecule has 0 spiro atoms. The molecule has 3 heteroatoms. The van der Waals surface area contributed by atoms with E-state index in [-0.39, 0.29) is 0 Å². The Bertz CT molecular complexity index is 122. The lowest BCUT2D eigenvalue weighted by atomic mass is 10.2. The van der Waals surface area contributed by atoms with Gasteiger partial charge in [-0.1, -0.05) is 6.92 Å². The van der Waals surface area contributed by atoms with E-state index in [1.807, 2.05) is 0 Å². The lowest BCUT2D eigenvalue weighted by Gasteiger charge is -2.23. The summed E-state index contributed by atoms with van der Waals surface area (Å²) in [6.07, 6.45) is 3.71. The first kappa shape index (κ1) is 11.3. The third-order valence-corrected chi connectivity index (χ3v) is 4.14. The quantitative estimate of drug-likeness (QED) is 0.737. The van der Waals surface area contributed by atoms with Crippen LogP contribution in [0.25, 0.3) is 0 Å². The monoisotopic (exact) mass is 203 g/mol. The molecule has 1 aliphatic rings. The average Bonchev–Trinajstić information content (AvgIpc) is 2.21. The second-order valence-corrected chi connectivity index (χ2v) is 4.87. The number of ether oxygens (including phenoxy) is 1. The summed E-state index contributed by atoms with van der Waals surface area (Å²) < 4.78 is 5.33.